The molecular weight excluding hydrogens is 211 g/mol. The molecule has 0 spiro atoms. The Bertz CT molecular complexity index is 171. The molecule has 10 heavy (non-hydrogen) atoms. The predicted molar refractivity (Wildman–Crippen MR) is 29.5 cm³/mol. The first-order valence-corrected chi connectivity index (χ1v) is 5.12. The monoisotopic (exact) mass is 220 g/mol. The van der Waals surface area contributed by atoms with Crippen LogP contribution < -0.4 is 0 Å². The van der Waals surface area contributed by atoms with Gasteiger partial charge in [-0.2, -0.15) is 0 Å². The van der Waals surface area contributed by atoms with Gasteiger partial charge in [0.05, 0.1) is 0 Å². The molecule has 0 saturated heterocycles. The number of hydrogen-bond donors (Lipinski definition) is 3. The van der Waals surface area contributed by atoms with Gasteiger partial charge in [-0.15, -0.1) is 0 Å². The Labute approximate surface area is 59.4 Å². The second-order valence-corrected chi connectivity index (χ2v) is 3.07. The van der Waals surface area contributed by atoms with Crippen molar-refractivity contribution in [2.24, 2.45) is 0 Å². The van der Waals surface area contributed by atoms with Crippen molar-refractivity contribution in [2.75, 3.05) is 0 Å². The van der Waals surface area contributed by atoms with Gasteiger partial charge in [0.1, 0.15) is 0 Å². The summed E-state index contributed by atoms with van der Waals surface area (Å²) in [5.74, 6) is -0.745. The molecule has 0 aliphatic heterocycles. The van der Waals surface area contributed by atoms with E-state index in [9.17, 15) is 4.79 Å². The fourth-order valence-electron chi connectivity index (χ4n) is 0. The van der Waals surface area contributed by atoms with Crippen LogP contribution in [0, 0.1) is 0 Å². The van der Waals surface area contributed by atoms with E-state index in [2.05, 4.69) is 0 Å². The van der Waals surface area contributed by atoms with Crippen LogP contribution in [0.1, 0.15) is 13.3 Å². The van der Waals surface area contributed by atoms with E-state index < -0.39 is 19.3 Å². The van der Waals surface area contributed by atoms with E-state index in [4.69, 9.17) is 21.2 Å². The third kappa shape index (κ3) is 140. The minimum absolute atomic E-state index is 0.222. The maximum atomic E-state index is 9.37. The molecule has 62 valence electrons. The first-order chi connectivity index (χ1) is 4.27. The molecule has 0 aliphatic carbocycles. The Balaban J connectivity index is 0. The number of rotatable bonds is 1. The molecule has 0 aromatic carbocycles. The zero-order valence-electron chi connectivity index (χ0n) is 5.18. The average Bonchev–Trinajstić information content (AvgIpc) is 1.61. The van der Waals surface area contributed by atoms with Gasteiger partial charge in [0.2, 0.25) is 0 Å². The first-order valence-electron chi connectivity index (χ1n) is 2.19. The van der Waals surface area contributed by atoms with E-state index in [0.29, 0.717) is 0 Å². The molecule has 0 aliphatic rings. The van der Waals surface area contributed by atoms with E-state index in [1.54, 1.807) is 6.92 Å². The molecule has 0 saturated carbocycles. The summed E-state index contributed by atoms with van der Waals surface area (Å²) in [6.45, 7) is 1.60. The molecule has 7 heteroatoms. The summed E-state index contributed by atoms with van der Waals surface area (Å²) >= 11 is -5.25. The summed E-state index contributed by atoms with van der Waals surface area (Å²) in [6.07, 6.45) is 0.222. The zero-order chi connectivity index (χ0) is 8.78. The van der Waals surface area contributed by atoms with Crippen LogP contribution in [0.3, 0.4) is 0 Å². The van der Waals surface area contributed by atoms with Crippen LogP contribution in [0.25, 0.3) is 0 Å². The third-order valence-corrected chi connectivity index (χ3v) is 0.302. The SMILES string of the molecule is CCC(=O)O.O=[Se](=O)(O)O. The van der Waals surface area contributed by atoms with Gasteiger partial charge in [-0.25, -0.2) is 0 Å². The van der Waals surface area contributed by atoms with Gasteiger partial charge in [-0.3, -0.25) is 4.79 Å². The molecule has 0 amide bonds. The standard InChI is InChI=1S/C3H6O2.H2O4Se/c1-2-3(4)5;1-5(2,3)4/h2H2,1H3,(H,4,5);(H2,1,2,3,4). The van der Waals surface area contributed by atoms with Gasteiger partial charge < -0.3 is 5.11 Å². The maximum absolute atomic E-state index is 9.37. The molecule has 0 radical (unpaired) electrons. The van der Waals surface area contributed by atoms with Crippen LogP contribution in [0.2, 0.25) is 0 Å². The molecule has 0 heterocycles. The number of carboxylic acids is 1. The molecule has 6 nitrogen and oxygen atoms in total. The van der Waals surface area contributed by atoms with Crippen LogP contribution in [0.15, 0.2) is 0 Å². The van der Waals surface area contributed by atoms with Gasteiger partial charge in [0.15, 0.2) is 0 Å². The molecule has 3 N–H and O–H groups in total. The van der Waals surface area contributed by atoms with Crippen molar-refractivity contribution in [1.29, 1.82) is 0 Å². The Kier molecular flexibility index (Phi) is 6.48. The Morgan fingerprint density at radius 3 is 1.50 bits per heavy atom. The molecule has 0 unspecified atom stereocenters. The van der Waals surface area contributed by atoms with Crippen molar-refractivity contribution in [3.63, 3.8) is 0 Å². The Morgan fingerprint density at radius 1 is 1.40 bits per heavy atom. The summed E-state index contributed by atoms with van der Waals surface area (Å²) < 4.78 is 31.9. The van der Waals surface area contributed by atoms with E-state index in [-0.39, 0.29) is 6.42 Å². The van der Waals surface area contributed by atoms with Crippen LogP contribution in [-0.2, 0) is 12.5 Å². The van der Waals surface area contributed by atoms with E-state index in [1.165, 1.54) is 0 Å². The number of carbonyl (C=O) groups is 1. The minimum atomic E-state index is -5.25. The normalized spacial score (nSPS) is 9.50. The summed E-state index contributed by atoms with van der Waals surface area (Å²) in [5.41, 5.74) is 0. The third-order valence-electron chi connectivity index (χ3n) is 0.302. The molecule has 0 bridgehead atoms. The molecular formula is C3H8O6Se. The second kappa shape index (κ2) is 5.31. The molecule has 0 fully saturated rings. The molecule has 0 aromatic rings. The topological polar surface area (TPSA) is 112 Å². The van der Waals surface area contributed by atoms with E-state index >= 15 is 0 Å². The van der Waals surface area contributed by atoms with Gasteiger partial charge >= 0.3 is 35.4 Å². The van der Waals surface area contributed by atoms with Crippen molar-refractivity contribution in [2.45, 2.75) is 13.3 Å². The van der Waals surface area contributed by atoms with E-state index in [1.807, 2.05) is 0 Å². The van der Waals surface area contributed by atoms with Crippen molar-refractivity contribution in [1.82, 2.24) is 0 Å². The fourth-order valence-corrected chi connectivity index (χ4v) is 0. The first kappa shape index (κ1) is 12.2. The second-order valence-electron chi connectivity index (χ2n) is 1.20. The fraction of sp³-hybridized carbons (Fsp3) is 0.667. The summed E-state index contributed by atoms with van der Waals surface area (Å²) in [4.78, 5) is 9.37. The predicted octanol–water partition coefficient (Wildman–Crippen LogP) is -1.25. The summed E-state index contributed by atoms with van der Waals surface area (Å²) in [7, 11) is 0. The van der Waals surface area contributed by atoms with Crippen LogP contribution in [0.5, 0.6) is 0 Å². The van der Waals surface area contributed by atoms with E-state index in [0.717, 1.165) is 0 Å². The van der Waals surface area contributed by atoms with Crippen LogP contribution in [0.4, 0.5) is 0 Å². The molecule has 0 rings (SSSR count). The summed E-state index contributed by atoms with van der Waals surface area (Å²) in [6, 6.07) is 0. The van der Waals surface area contributed by atoms with Crippen molar-refractivity contribution in [3.8, 4) is 0 Å². The van der Waals surface area contributed by atoms with Crippen molar-refractivity contribution < 1.29 is 25.9 Å². The van der Waals surface area contributed by atoms with Gasteiger partial charge in [-0.05, 0) is 0 Å². The van der Waals surface area contributed by atoms with Gasteiger partial charge in [0.25, 0.3) is 0 Å². The van der Waals surface area contributed by atoms with Gasteiger partial charge in [0, 0.05) is 6.42 Å². The van der Waals surface area contributed by atoms with Crippen molar-refractivity contribution >= 4 is 19.3 Å². The van der Waals surface area contributed by atoms with Crippen LogP contribution in [-0.4, -0.2) is 32.8 Å². The number of aliphatic carboxylic acids is 1. The zero-order valence-corrected chi connectivity index (χ0v) is 6.89. The van der Waals surface area contributed by atoms with Gasteiger partial charge in [-0.1, -0.05) is 6.92 Å². The Hall–Kier alpha value is -0.491. The quantitative estimate of drug-likeness (QED) is 0.475. The molecule has 0 aromatic heterocycles. The summed E-state index contributed by atoms with van der Waals surface area (Å²) in [5, 5.41) is 7.72. The average molecular weight is 219 g/mol. The molecule has 0 atom stereocenters. The Morgan fingerprint density at radius 2 is 1.50 bits per heavy atom. The number of carboxylic acid groups (broad SMARTS) is 1. The van der Waals surface area contributed by atoms with Crippen LogP contribution >= 0.6 is 0 Å². The van der Waals surface area contributed by atoms with Crippen molar-refractivity contribution in [3.05, 3.63) is 0 Å². The number of hydrogen-bond acceptors (Lipinski definition) is 3.